The van der Waals surface area contributed by atoms with Gasteiger partial charge in [-0.1, -0.05) is 35.5 Å². The first-order valence-electron chi connectivity index (χ1n) is 11.0. The monoisotopic (exact) mass is 438 g/mol. The molecule has 1 fully saturated rings. The summed E-state index contributed by atoms with van der Waals surface area (Å²) in [5.41, 5.74) is 2.46. The topological polar surface area (TPSA) is 124 Å². The van der Waals surface area contributed by atoms with E-state index >= 15 is 0 Å². The number of Topliss-reactive ketones (excluding diaryl/α,β-unsaturated/α-hetero) is 2. The summed E-state index contributed by atoms with van der Waals surface area (Å²) in [7, 11) is 0. The lowest BCUT2D eigenvalue weighted by Crippen LogP contribution is -2.23. The van der Waals surface area contributed by atoms with E-state index < -0.39 is 18.1 Å². The van der Waals surface area contributed by atoms with Gasteiger partial charge < -0.3 is 15.4 Å². The van der Waals surface area contributed by atoms with Crippen molar-refractivity contribution in [3.05, 3.63) is 53.1 Å². The molecule has 1 aromatic carbocycles. The second-order valence-electron chi connectivity index (χ2n) is 8.20. The van der Waals surface area contributed by atoms with Crippen LogP contribution in [0, 0.1) is 10.8 Å². The Morgan fingerprint density at radius 2 is 2.19 bits per heavy atom. The maximum atomic E-state index is 12.3. The number of aromatic amines is 1. The molecule has 0 spiro atoms. The van der Waals surface area contributed by atoms with Crippen molar-refractivity contribution in [3.63, 3.8) is 0 Å². The third-order valence-electron chi connectivity index (χ3n) is 5.55. The Morgan fingerprint density at radius 3 is 2.94 bits per heavy atom. The van der Waals surface area contributed by atoms with Gasteiger partial charge in [0.05, 0.1) is 18.4 Å². The van der Waals surface area contributed by atoms with E-state index in [1.165, 1.54) is 6.92 Å². The summed E-state index contributed by atoms with van der Waals surface area (Å²) >= 11 is 0. The van der Waals surface area contributed by atoms with Crippen LogP contribution >= 0.6 is 0 Å². The highest BCUT2D eigenvalue weighted by molar-refractivity contribution is 6.43. The zero-order chi connectivity index (χ0) is 22.9. The number of H-pyrrole nitrogens is 1. The van der Waals surface area contributed by atoms with Gasteiger partial charge in [0.15, 0.2) is 5.78 Å². The number of nitrogens with one attached hydrogen (secondary N) is 2. The number of fused-ring (bicyclic) bond motifs is 1. The number of carbonyl (C=O) groups is 2. The number of aryl methyl sites for hydroxylation is 1. The van der Waals surface area contributed by atoms with Crippen LogP contribution in [0.15, 0.2) is 52.7 Å². The van der Waals surface area contributed by atoms with Crippen molar-refractivity contribution in [1.82, 2.24) is 10.3 Å². The average Bonchev–Trinajstić information content (AvgIpc) is 3.33. The zero-order valence-electron chi connectivity index (χ0n) is 18.3. The minimum atomic E-state index is -0.707. The lowest BCUT2D eigenvalue weighted by molar-refractivity contribution is -0.116. The zero-order valence-corrected chi connectivity index (χ0v) is 18.3. The van der Waals surface area contributed by atoms with Gasteiger partial charge in [-0.05, 0) is 50.2 Å². The normalized spacial score (nSPS) is 21.1. The molecule has 0 saturated heterocycles. The van der Waals surface area contributed by atoms with E-state index in [0.29, 0.717) is 44.6 Å². The SMILES string of the molecule is CC(=O)CNCCCN=C1C(=O)C[C@@H](N=O)[C@@H]1/C=C/C(O)CCc1cc2ccccc2[nH]1. The molecule has 1 aliphatic carbocycles. The van der Waals surface area contributed by atoms with Crippen molar-refractivity contribution < 1.29 is 14.7 Å². The van der Waals surface area contributed by atoms with Gasteiger partial charge in [0.2, 0.25) is 0 Å². The highest BCUT2D eigenvalue weighted by Crippen LogP contribution is 2.26. The number of benzene rings is 1. The summed E-state index contributed by atoms with van der Waals surface area (Å²) in [4.78, 5) is 42.2. The maximum absolute atomic E-state index is 12.3. The number of hydrogen-bond donors (Lipinski definition) is 3. The van der Waals surface area contributed by atoms with Crippen molar-refractivity contribution in [2.45, 2.75) is 44.8 Å². The molecule has 1 unspecified atom stereocenters. The quantitative estimate of drug-likeness (QED) is 0.267. The van der Waals surface area contributed by atoms with Crippen LogP contribution in [-0.2, 0) is 16.0 Å². The summed E-state index contributed by atoms with van der Waals surface area (Å²) in [5.74, 6) is -0.614. The number of para-hydroxylation sites is 1. The molecule has 2 aromatic rings. The van der Waals surface area contributed by atoms with Crippen LogP contribution in [-0.4, -0.2) is 59.1 Å². The van der Waals surface area contributed by atoms with Crippen LogP contribution in [0.1, 0.15) is 31.9 Å². The first kappa shape index (κ1) is 23.7. The number of nitroso groups, excluding NO2 is 1. The second-order valence-corrected chi connectivity index (χ2v) is 8.20. The molecule has 1 heterocycles. The molecule has 0 amide bonds. The van der Waals surface area contributed by atoms with Gasteiger partial charge in [-0.25, -0.2) is 0 Å². The molecular formula is C24H30N4O4. The van der Waals surface area contributed by atoms with Gasteiger partial charge in [-0.15, -0.1) is 0 Å². The van der Waals surface area contributed by atoms with Gasteiger partial charge in [0, 0.05) is 30.1 Å². The third kappa shape index (κ3) is 6.51. The molecule has 170 valence electrons. The summed E-state index contributed by atoms with van der Waals surface area (Å²) < 4.78 is 0. The van der Waals surface area contributed by atoms with Crippen molar-refractivity contribution in [2.75, 3.05) is 19.6 Å². The highest BCUT2D eigenvalue weighted by Gasteiger charge is 2.38. The Hall–Kier alpha value is -2.97. The van der Waals surface area contributed by atoms with E-state index in [1.807, 2.05) is 24.3 Å². The molecule has 3 rings (SSSR count). The Bertz CT molecular complexity index is 977. The number of rotatable bonds is 12. The molecule has 0 radical (unpaired) electrons. The smallest absolute Gasteiger partial charge is 0.179 e. The minimum Gasteiger partial charge on any atom is -0.389 e. The molecule has 1 saturated carbocycles. The van der Waals surface area contributed by atoms with E-state index in [1.54, 1.807) is 12.2 Å². The summed E-state index contributed by atoms with van der Waals surface area (Å²) in [6.45, 7) is 2.87. The predicted molar refractivity (Wildman–Crippen MR) is 125 cm³/mol. The third-order valence-corrected chi connectivity index (χ3v) is 5.55. The molecule has 1 aromatic heterocycles. The van der Waals surface area contributed by atoms with Crippen LogP contribution in [0.4, 0.5) is 0 Å². The number of aliphatic imine (C=N–C) groups is 1. The number of hydrogen-bond acceptors (Lipinski definition) is 7. The van der Waals surface area contributed by atoms with Crippen LogP contribution in [0.25, 0.3) is 10.9 Å². The number of ketones is 2. The lowest BCUT2D eigenvalue weighted by Gasteiger charge is -2.10. The number of aliphatic hydroxyl groups is 1. The molecular weight excluding hydrogens is 408 g/mol. The number of aliphatic hydroxyl groups excluding tert-OH is 1. The predicted octanol–water partition coefficient (Wildman–Crippen LogP) is 2.75. The van der Waals surface area contributed by atoms with Crippen LogP contribution in [0.5, 0.6) is 0 Å². The molecule has 32 heavy (non-hydrogen) atoms. The van der Waals surface area contributed by atoms with Crippen LogP contribution in [0.2, 0.25) is 0 Å². The highest BCUT2D eigenvalue weighted by atomic mass is 16.3. The van der Waals surface area contributed by atoms with Gasteiger partial charge in [0.25, 0.3) is 0 Å². The van der Waals surface area contributed by atoms with Gasteiger partial charge in [-0.3, -0.25) is 14.6 Å². The summed E-state index contributed by atoms with van der Waals surface area (Å²) in [6, 6.07) is 9.40. The minimum absolute atomic E-state index is 0.0467. The van der Waals surface area contributed by atoms with Crippen LogP contribution in [0.3, 0.4) is 0 Å². The van der Waals surface area contributed by atoms with Crippen molar-refractivity contribution >= 4 is 28.2 Å². The van der Waals surface area contributed by atoms with E-state index in [9.17, 15) is 19.6 Å². The molecule has 0 aliphatic heterocycles. The molecule has 1 aliphatic rings. The Morgan fingerprint density at radius 1 is 1.38 bits per heavy atom. The Balaban J connectivity index is 1.54. The van der Waals surface area contributed by atoms with Gasteiger partial charge in [-0.2, -0.15) is 4.91 Å². The number of nitrogens with zero attached hydrogens (tertiary/aromatic N) is 2. The van der Waals surface area contributed by atoms with E-state index in [0.717, 1.165) is 16.6 Å². The lowest BCUT2D eigenvalue weighted by atomic mass is 10.0. The molecule has 0 bridgehead atoms. The van der Waals surface area contributed by atoms with Crippen molar-refractivity contribution in [3.8, 4) is 0 Å². The largest absolute Gasteiger partial charge is 0.389 e. The summed E-state index contributed by atoms with van der Waals surface area (Å²) in [6.07, 6.45) is 4.53. The number of aromatic nitrogens is 1. The molecule has 3 atom stereocenters. The maximum Gasteiger partial charge on any atom is 0.179 e. The van der Waals surface area contributed by atoms with Gasteiger partial charge in [0.1, 0.15) is 11.8 Å². The molecule has 3 N–H and O–H groups in total. The molecule has 8 heteroatoms. The van der Waals surface area contributed by atoms with Gasteiger partial charge >= 0.3 is 0 Å². The van der Waals surface area contributed by atoms with Crippen molar-refractivity contribution in [1.29, 1.82) is 0 Å². The van der Waals surface area contributed by atoms with E-state index in [-0.39, 0.29) is 18.0 Å². The fourth-order valence-corrected chi connectivity index (χ4v) is 3.89. The van der Waals surface area contributed by atoms with E-state index in [4.69, 9.17) is 0 Å². The van der Waals surface area contributed by atoms with Crippen LogP contribution < -0.4 is 5.32 Å². The average molecular weight is 439 g/mol. The summed E-state index contributed by atoms with van der Waals surface area (Å²) in [5, 5.41) is 17.6. The molecule has 8 nitrogen and oxygen atoms in total. The number of carbonyl (C=O) groups excluding carboxylic acids is 2. The standard InChI is InChI=1S/C24H30N4O4/c1-16(29)15-25-11-4-12-26-24-20(22(28-32)14-23(24)31)10-9-19(30)8-7-18-13-17-5-2-3-6-21(17)27-18/h2-3,5-6,9-10,13,19-20,22,25,27,30H,4,7-8,11-12,14-15H2,1H3/b10-9+,26-24?/t19?,20-,22+/m0/s1. The first-order chi connectivity index (χ1) is 15.5. The first-order valence-corrected chi connectivity index (χ1v) is 11.0. The Labute approximate surface area is 187 Å². The fraction of sp³-hybridized carbons (Fsp3) is 0.458. The fourth-order valence-electron chi connectivity index (χ4n) is 3.89. The van der Waals surface area contributed by atoms with Crippen molar-refractivity contribution in [2.24, 2.45) is 16.1 Å². The second kappa shape index (κ2) is 11.6. The van der Waals surface area contributed by atoms with E-state index in [2.05, 4.69) is 26.5 Å². The Kier molecular flexibility index (Phi) is 8.58.